The van der Waals surface area contributed by atoms with Crippen LogP contribution in [0.15, 0.2) is 24.4 Å². The van der Waals surface area contributed by atoms with Gasteiger partial charge in [-0.15, -0.1) is 0 Å². The normalized spacial score (nSPS) is 10.2. The van der Waals surface area contributed by atoms with Gasteiger partial charge in [-0.2, -0.15) is 4.98 Å². The topological polar surface area (TPSA) is 61.3 Å². The first-order chi connectivity index (χ1) is 9.56. The lowest BCUT2D eigenvalue weighted by Crippen LogP contribution is -2.09. The fourth-order valence-corrected chi connectivity index (χ4v) is 2.01. The monoisotopic (exact) mass is 292 g/mol. The molecule has 0 saturated carbocycles. The third-order valence-corrected chi connectivity index (χ3v) is 3.02. The van der Waals surface area contributed by atoms with Gasteiger partial charge in [0.15, 0.2) is 5.69 Å². The van der Waals surface area contributed by atoms with Gasteiger partial charge in [0.1, 0.15) is 0 Å². The molecule has 0 amide bonds. The van der Waals surface area contributed by atoms with Crippen LogP contribution < -0.4 is 9.47 Å². The summed E-state index contributed by atoms with van der Waals surface area (Å²) in [5, 5.41) is 0.370. The van der Waals surface area contributed by atoms with E-state index in [-0.39, 0.29) is 23.2 Å². The third-order valence-electron chi connectivity index (χ3n) is 2.71. The average Bonchev–Trinajstić information content (AvgIpc) is 2.46. The van der Waals surface area contributed by atoms with Crippen molar-refractivity contribution in [2.45, 2.75) is 6.92 Å². The van der Waals surface area contributed by atoms with Crippen molar-refractivity contribution >= 4 is 17.4 Å². The Balaban J connectivity index is 2.47. The number of aromatic nitrogens is 2. The molecule has 0 saturated heterocycles. The highest BCUT2D eigenvalue weighted by Gasteiger charge is 2.20. The minimum absolute atomic E-state index is 0.0963. The molecule has 2 aromatic rings. The molecule has 1 heterocycles. The number of benzene rings is 1. The Hall–Kier alpha value is -2.14. The van der Waals surface area contributed by atoms with Gasteiger partial charge in [-0.1, -0.05) is 17.7 Å². The van der Waals surface area contributed by atoms with Crippen molar-refractivity contribution in [1.82, 2.24) is 9.97 Å². The van der Waals surface area contributed by atoms with Crippen molar-refractivity contribution in [1.29, 1.82) is 0 Å². The molecule has 20 heavy (non-hydrogen) atoms. The Morgan fingerprint density at radius 3 is 2.60 bits per heavy atom. The first kappa shape index (κ1) is 14.3. The van der Waals surface area contributed by atoms with Crippen LogP contribution in [0.4, 0.5) is 0 Å². The van der Waals surface area contributed by atoms with Crippen LogP contribution >= 0.6 is 11.6 Å². The first-order valence-electron chi connectivity index (χ1n) is 5.82. The quantitative estimate of drug-likeness (QED) is 0.811. The molecular weight excluding hydrogens is 280 g/mol. The molecule has 0 aliphatic rings. The zero-order valence-corrected chi connectivity index (χ0v) is 12.1. The maximum absolute atomic E-state index is 12.5. The summed E-state index contributed by atoms with van der Waals surface area (Å²) in [7, 11) is 2.87. The van der Waals surface area contributed by atoms with Crippen LogP contribution in [0, 0.1) is 6.92 Å². The average molecular weight is 293 g/mol. The summed E-state index contributed by atoms with van der Waals surface area (Å²) in [4.78, 5) is 20.5. The summed E-state index contributed by atoms with van der Waals surface area (Å²) in [5.74, 6) is 0.0291. The molecule has 0 fully saturated rings. The number of ketones is 1. The largest absolute Gasteiger partial charge is 0.480 e. The van der Waals surface area contributed by atoms with E-state index in [0.29, 0.717) is 10.6 Å². The molecule has 1 aromatic carbocycles. The SMILES string of the molecule is COc1cnc(C(=O)c2ccc(C)cc2Cl)c(OC)n1. The Kier molecular flexibility index (Phi) is 4.20. The van der Waals surface area contributed by atoms with Crippen LogP contribution in [-0.4, -0.2) is 30.0 Å². The molecule has 0 atom stereocenters. The predicted octanol–water partition coefficient (Wildman–Crippen LogP) is 2.69. The minimum Gasteiger partial charge on any atom is -0.480 e. The molecule has 1 aromatic heterocycles. The molecule has 0 aliphatic heterocycles. The zero-order valence-electron chi connectivity index (χ0n) is 11.3. The van der Waals surface area contributed by atoms with Gasteiger partial charge in [-0.05, 0) is 24.6 Å². The summed E-state index contributed by atoms with van der Waals surface area (Å²) in [6.45, 7) is 1.90. The fraction of sp³-hybridized carbons (Fsp3) is 0.214. The number of hydrogen-bond donors (Lipinski definition) is 0. The smallest absolute Gasteiger partial charge is 0.247 e. The van der Waals surface area contributed by atoms with E-state index in [0.717, 1.165) is 5.56 Å². The number of carbonyl (C=O) groups excluding carboxylic acids is 1. The first-order valence-corrected chi connectivity index (χ1v) is 6.20. The Morgan fingerprint density at radius 2 is 2.00 bits per heavy atom. The van der Waals surface area contributed by atoms with Crippen molar-refractivity contribution in [3.05, 3.63) is 46.2 Å². The van der Waals surface area contributed by atoms with Gasteiger partial charge < -0.3 is 9.47 Å². The van der Waals surface area contributed by atoms with Crippen LogP contribution in [0.3, 0.4) is 0 Å². The minimum atomic E-state index is -0.345. The Labute approximate surface area is 121 Å². The van der Waals surface area contributed by atoms with Gasteiger partial charge in [0, 0.05) is 5.56 Å². The van der Waals surface area contributed by atoms with Crippen LogP contribution in [0.2, 0.25) is 5.02 Å². The van der Waals surface area contributed by atoms with Gasteiger partial charge in [-0.25, -0.2) is 4.98 Å². The molecular formula is C14H13ClN2O3. The van der Waals surface area contributed by atoms with Gasteiger partial charge in [-0.3, -0.25) is 4.79 Å². The van der Waals surface area contributed by atoms with Gasteiger partial charge in [0.2, 0.25) is 17.5 Å². The van der Waals surface area contributed by atoms with Gasteiger partial charge >= 0.3 is 0 Å². The maximum atomic E-state index is 12.5. The highest BCUT2D eigenvalue weighted by molar-refractivity contribution is 6.35. The number of carbonyl (C=O) groups is 1. The van der Waals surface area contributed by atoms with E-state index < -0.39 is 0 Å². The molecule has 0 aliphatic carbocycles. The van der Waals surface area contributed by atoms with E-state index in [1.54, 1.807) is 12.1 Å². The van der Waals surface area contributed by atoms with Crippen molar-refractivity contribution in [3.8, 4) is 11.8 Å². The molecule has 2 rings (SSSR count). The van der Waals surface area contributed by atoms with Crippen molar-refractivity contribution in [3.63, 3.8) is 0 Å². The number of methoxy groups -OCH3 is 2. The van der Waals surface area contributed by atoms with E-state index in [2.05, 4.69) is 9.97 Å². The van der Waals surface area contributed by atoms with E-state index in [9.17, 15) is 4.79 Å². The number of nitrogens with zero attached hydrogens (tertiary/aromatic N) is 2. The lowest BCUT2D eigenvalue weighted by molar-refractivity contribution is 0.103. The number of aryl methyl sites for hydroxylation is 1. The summed E-state index contributed by atoms with van der Waals surface area (Å²) in [5.41, 5.74) is 1.42. The lowest BCUT2D eigenvalue weighted by atomic mass is 10.1. The summed E-state index contributed by atoms with van der Waals surface area (Å²) < 4.78 is 10.0. The molecule has 0 spiro atoms. The second kappa shape index (κ2) is 5.88. The van der Waals surface area contributed by atoms with Gasteiger partial charge in [0.05, 0.1) is 25.4 Å². The maximum Gasteiger partial charge on any atom is 0.247 e. The number of rotatable bonds is 4. The molecule has 0 N–H and O–H groups in total. The highest BCUT2D eigenvalue weighted by atomic mass is 35.5. The molecule has 0 bridgehead atoms. The lowest BCUT2D eigenvalue weighted by Gasteiger charge is -2.08. The Morgan fingerprint density at radius 1 is 1.25 bits per heavy atom. The number of halogens is 1. The van der Waals surface area contributed by atoms with E-state index in [4.69, 9.17) is 21.1 Å². The van der Waals surface area contributed by atoms with Crippen molar-refractivity contribution < 1.29 is 14.3 Å². The third kappa shape index (κ3) is 2.72. The molecule has 0 radical (unpaired) electrons. The summed E-state index contributed by atoms with van der Waals surface area (Å²) in [6, 6.07) is 5.19. The molecule has 5 nitrogen and oxygen atoms in total. The van der Waals surface area contributed by atoms with Crippen LogP contribution in [0.1, 0.15) is 21.6 Å². The number of hydrogen-bond acceptors (Lipinski definition) is 5. The zero-order chi connectivity index (χ0) is 14.7. The molecule has 104 valence electrons. The van der Waals surface area contributed by atoms with Crippen LogP contribution in [0.25, 0.3) is 0 Å². The predicted molar refractivity (Wildman–Crippen MR) is 74.8 cm³/mol. The van der Waals surface area contributed by atoms with Crippen molar-refractivity contribution in [2.75, 3.05) is 14.2 Å². The Bertz CT molecular complexity index is 659. The number of ether oxygens (including phenoxy) is 2. The van der Waals surface area contributed by atoms with Crippen LogP contribution in [0.5, 0.6) is 11.8 Å². The van der Waals surface area contributed by atoms with Crippen LogP contribution in [-0.2, 0) is 0 Å². The fourth-order valence-electron chi connectivity index (χ4n) is 1.69. The summed E-state index contributed by atoms with van der Waals surface area (Å²) in [6.07, 6.45) is 1.36. The molecule has 6 heteroatoms. The standard InChI is InChI=1S/C14H13ClN2O3/c1-8-4-5-9(10(15)6-8)13(18)12-14(20-3)17-11(19-2)7-16-12/h4-7H,1-3H3. The van der Waals surface area contributed by atoms with Crippen molar-refractivity contribution in [2.24, 2.45) is 0 Å². The van der Waals surface area contributed by atoms with Gasteiger partial charge in [0.25, 0.3) is 0 Å². The van der Waals surface area contributed by atoms with E-state index in [1.165, 1.54) is 20.4 Å². The second-order valence-electron chi connectivity index (χ2n) is 4.08. The highest BCUT2D eigenvalue weighted by Crippen LogP contribution is 2.24. The van der Waals surface area contributed by atoms with E-state index in [1.807, 2.05) is 13.0 Å². The second-order valence-corrected chi connectivity index (χ2v) is 4.49. The van der Waals surface area contributed by atoms with E-state index >= 15 is 0 Å². The molecule has 0 unspecified atom stereocenters. The summed E-state index contributed by atoms with van der Waals surface area (Å²) >= 11 is 6.09.